The van der Waals surface area contributed by atoms with E-state index in [0.717, 1.165) is 11.6 Å². The van der Waals surface area contributed by atoms with E-state index in [9.17, 15) is 9.18 Å². The van der Waals surface area contributed by atoms with Gasteiger partial charge in [0.05, 0.1) is 5.69 Å². The predicted octanol–water partition coefficient (Wildman–Crippen LogP) is 2.43. The van der Waals surface area contributed by atoms with Gasteiger partial charge in [0, 0.05) is 18.2 Å². The second kappa shape index (κ2) is 6.85. The number of amides is 1. The lowest BCUT2D eigenvalue weighted by Crippen LogP contribution is -2.16. The molecule has 0 aromatic heterocycles. The van der Waals surface area contributed by atoms with Gasteiger partial charge in [0.1, 0.15) is 5.82 Å². The average molecular weight is 287 g/mol. The topological polar surface area (TPSA) is 81.1 Å². The molecule has 0 saturated carbocycles. The summed E-state index contributed by atoms with van der Waals surface area (Å²) in [7, 11) is 0. The van der Waals surface area contributed by atoms with E-state index < -0.39 is 11.7 Å². The van der Waals surface area contributed by atoms with E-state index in [1.165, 1.54) is 12.1 Å². The summed E-state index contributed by atoms with van der Waals surface area (Å²) in [5, 5.41) is 2.97. The third-order valence-corrected chi connectivity index (χ3v) is 3.25. The number of primary amides is 1. The number of rotatable bonds is 6. The third-order valence-electron chi connectivity index (χ3n) is 3.25. The molecule has 1 amide bonds. The first kappa shape index (κ1) is 15.0. The maximum Gasteiger partial charge on any atom is 0.248 e. The van der Waals surface area contributed by atoms with E-state index in [1.807, 2.05) is 30.3 Å². The number of nitrogens with two attached hydrogens (primary N) is 2. The Kier molecular flexibility index (Phi) is 4.90. The van der Waals surface area contributed by atoms with Gasteiger partial charge in [-0.05, 0) is 30.2 Å². The van der Waals surface area contributed by atoms with Crippen molar-refractivity contribution >= 4 is 11.6 Å². The minimum Gasteiger partial charge on any atom is -0.383 e. The molecular weight excluding hydrogens is 269 g/mol. The van der Waals surface area contributed by atoms with Crippen LogP contribution in [0.5, 0.6) is 0 Å². The summed E-state index contributed by atoms with van der Waals surface area (Å²) in [6, 6.07) is 13.8. The Labute approximate surface area is 123 Å². The molecule has 0 spiro atoms. The lowest BCUT2D eigenvalue weighted by molar-refractivity contribution is 0.1000. The van der Waals surface area contributed by atoms with Crippen molar-refractivity contribution in [1.29, 1.82) is 0 Å². The standard InChI is InChI=1S/C16H18FN3O/c17-13-10-12(16(19)21)6-7-15(13)20-9-8-14(18)11-4-2-1-3-5-11/h1-7,10,14,20H,8-9,18H2,(H2,19,21). The van der Waals surface area contributed by atoms with Crippen molar-refractivity contribution in [2.75, 3.05) is 11.9 Å². The highest BCUT2D eigenvalue weighted by molar-refractivity contribution is 5.93. The Morgan fingerprint density at radius 1 is 1.19 bits per heavy atom. The minimum atomic E-state index is -0.647. The first-order chi connectivity index (χ1) is 10.1. The Bertz CT molecular complexity index is 616. The van der Waals surface area contributed by atoms with E-state index in [-0.39, 0.29) is 11.6 Å². The van der Waals surface area contributed by atoms with Crippen LogP contribution >= 0.6 is 0 Å². The van der Waals surface area contributed by atoms with Crippen molar-refractivity contribution < 1.29 is 9.18 Å². The Hall–Kier alpha value is -2.40. The molecule has 2 aromatic carbocycles. The van der Waals surface area contributed by atoms with Crippen molar-refractivity contribution in [2.45, 2.75) is 12.5 Å². The Morgan fingerprint density at radius 2 is 1.90 bits per heavy atom. The fourth-order valence-corrected chi connectivity index (χ4v) is 2.04. The van der Waals surface area contributed by atoms with Crippen LogP contribution in [-0.4, -0.2) is 12.5 Å². The van der Waals surface area contributed by atoms with Crippen molar-refractivity contribution in [3.63, 3.8) is 0 Å². The molecule has 0 aliphatic carbocycles. The van der Waals surface area contributed by atoms with Gasteiger partial charge >= 0.3 is 0 Å². The second-order valence-electron chi connectivity index (χ2n) is 4.79. The second-order valence-corrected chi connectivity index (χ2v) is 4.79. The lowest BCUT2D eigenvalue weighted by Gasteiger charge is -2.13. The molecule has 2 aromatic rings. The normalized spacial score (nSPS) is 11.9. The van der Waals surface area contributed by atoms with Crippen molar-refractivity contribution in [3.8, 4) is 0 Å². The van der Waals surface area contributed by atoms with E-state index in [4.69, 9.17) is 11.5 Å². The molecule has 21 heavy (non-hydrogen) atoms. The molecule has 110 valence electrons. The molecule has 5 heteroatoms. The van der Waals surface area contributed by atoms with Crippen molar-refractivity contribution in [1.82, 2.24) is 0 Å². The molecule has 0 aliphatic rings. The zero-order valence-electron chi connectivity index (χ0n) is 11.6. The van der Waals surface area contributed by atoms with Crippen LogP contribution in [0.4, 0.5) is 10.1 Å². The molecule has 0 fully saturated rings. The summed E-state index contributed by atoms with van der Waals surface area (Å²) in [6.45, 7) is 0.531. The van der Waals surface area contributed by atoms with Gasteiger partial charge in [-0.3, -0.25) is 4.79 Å². The maximum atomic E-state index is 13.8. The summed E-state index contributed by atoms with van der Waals surface area (Å²) in [5.41, 5.74) is 12.7. The van der Waals surface area contributed by atoms with E-state index in [2.05, 4.69) is 5.32 Å². The van der Waals surface area contributed by atoms with Crippen LogP contribution in [0.15, 0.2) is 48.5 Å². The van der Waals surface area contributed by atoms with Gasteiger partial charge < -0.3 is 16.8 Å². The zero-order valence-corrected chi connectivity index (χ0v) is 11.6. The van der Waals surface area contributed by atoms with Crippen molar-refractivity contribution in [3.05, 3.63) is 65.5 Å². The number of anilines is 1. The molecule has 1 unspecified atom stereocenters. The molecule has 2 rings (SSSR count). The van der Waals surface area contributed by atoms with E-state index in [1.54, 1.807) is 0 Å². The molecular formula is C16H18FN3O. The van der Waals surface area contributed by atoms with Crippen LogP contribution in [0.25, 0.3) is 0 Å². The first-order valence-electron chi connectivity index (χ1n) is 6.71. The molecule has 1 atom stereocenters. The zero-order chi connectivity index (χ0) is 15.2. The highest BCUT2D eigenvalue weighted by Gasteiger charge is 2.08. The number of carbonyl (C=O) groups excluding carboxylic acids is 1. The van der Waals surface area contributed by atoms with E-state index in [0.29, 0.717) is 18.7 Å². The highest BCUT2D eigenvalue weighted by Crippen LogP contribution is 2.17. The highest BCUT2D eigenvalue weighted by atomic mass is 19.1. The minimum absolute atomic E-state index is 0.105. The molecule has 0 radical (unpaired) electrons. The third kappa shape index (κ3) is 4.03. The maximum absolute atomic E-state index is 13.8. The van der Waals surface area contributed by atoms with Crippen LogP contribution in [0, 0.1) is 5.82 Å². The number of benzene rings is 2. The van der Waals surface area contributed by atoms with Crippen LogP contribution in [0.3, 0.4) is 0 Å². The molecule has 0 bridgehead atoms. The van der Waals surface area contributed by atoms with Gasteiger partial charge in [-0.25, -0.2) is 4.39 Å². The molecule has 5 N–H and O–H groups in total. The van der Waals surface area contributed by atoms with Gasteiger partial charge in [0.2, 0.25) is 5.91 Å². The number of hydrogen-bond acceptors (Lipinski definition) is 3. The van der Waals surface area contributed by atoms with Gasteiger partial charge in [-0.2, -0.15) is 0 Å². The van der Waals surface area contributed by atoms with Gasteiger partial charge in [-0.15, -0.1) is 0 Å². The predicted molar refractivity (Wildman–Crippen MR) is 81.4 cm³/mol. The summed E-state index contributed by atoms with van der Waals surface area (Å²) >= 11 is 0. The fraction of sp³-hybridized carbons (Fsp3) is 0.188. The summed E-state index contributed by atoms with van der Waals surface area (Å²) in [6.07, 6.45) is 0.668. The van der Waals surface area contributed by atoms with Crippen molar-refractivity contribution in [2.24, 2.45) is 11.5 Å². The SMILES string of the molecule is NC(=O)c1ccc(NCCC(N)c2ccccc2)c(F)c1. The summed E-state index contributed by atoms with van der Waals surface area (Å²) in [5.74, 6) is -1.15. The number of hydrogen-bond donors (Lipinski definition) is 3. The van der Waals surface area contributed by atoms with E-state index >= 15 is 0 Å². The van der Waals surface area contributed by atoms with Crippen LogP contribution in [-0.2, 0) is 0 Å². The van der Waals surface area contributed by atoms with Crippen LogP contribution in [0.1, 0.15) is 28.4 Å². The van der Waals surface area contributed by atoms with Gasteiger partial charge in [-0.1, -0.05) is 30.3 Å². The molecule has 0 aliphatic heterocycles. The van der Waals surface area contributed by atoms with Crippen LogP contribution < -0.4 is 16.8 Å². The van der Waals surface area contributed by atoms with Gasteiger partial charge in [0.15, 0.2) is 0 Å². The fourth-order valence-electron chi connectivity index (χ4n) is 2.04. The number of carbonyl (C=O) groups is 1. The van der Waals surface area contributed by atoms with Gasteiger partial charge in [0.25, 0.3) is 0 Å². The Balaban J connectivity index is 1.90. The summed E-state index contributed by atoms with van der Waals surface area (Å²) in [4.78, 5) is 10.9. The first-order valence-corrected chi connectivity index (χ1v) is 6.71. The Morgan fingerprint density at radius 3 is 2.52 bits per heavy atom. The quantitative estimate of drug-likeness (QED) is 0.763. The molecule has 0 saturated heterocycles. The smallest absolute Gasteiger partial charge is 0.248 e. The monoisotopic (exact) mass is 287 g/mol. The number of nitrogens with one attached hydrogen (secondary N) is 1. The largest absolute Gasteiger partial charge is 0.383 e. The lowest BCUT2D eigenvalue weighted by atomic mass is 10.0. The molecule has 4 nitrogen and oxygen atoms in total. The summed E-state index contributed by atoms with van der Waals surface area (Å²) < 4.78 is 13.8. The number of halogens is 1. The van der Waals surface area contributed by atoms with Crippen LogP contribution in [0.2, 0.25) is 0 Å². The average Bonchev–Trinajstić information content (AvgIpc) is 2.49. The molecule has 0 heterocycles.